The summed E-state index contributed by atoms with van der Waals surface area (Å²) in [6, 6.07) is 13.1. The highest BCUT2D eigenvalue weighted by Crippen LogP contribution is 2.31. The van der Waals surface area contributed by atoms with Gasteiger partial charge in [-0.25, -0.2) is 4.39 Å². The first kappa shape index (κ1) is 18.3. The predicted octanol–water partition coefficient (Wildman–Crippen LogP) is 4.79. The van der Waals surface area contributed by atoms with Crippen LogP contribution in [0.3, 0.4) is 0 Å². The minimum atomic E-state index is -0.360. The summed E-state index contributed by atoms with van der Waals surface area (Å²) in [6.45, 7) is 2.50. The lowest BCUT2D eigenvalue weighted by atomic mass is 10.1. The predicted molar refractivity (Wildman–Crippen MR) is 102 cm³/mol. The van der Waals surface area contributed by atoms with Gasteiger partial charge in [-0.3, -0.25) is 4.79 Å². The van der Waals surface area contributed by atoms with E-state index in [2.05, 4.69) is 15.5 Å². The van der Waals surface area contributed by atoms with Crippen molar-refractivity contribution >= 4 is 39.7 Å². The molecule has 0 spiro atoms. The van der Waals surface area contributed by atoms with Gasteiger partial charge in [0.25, 0.3) is 0 Å². The van der Waals surface area contributed by atoms with Gasteiger partial charge in [-0.1, -0.05) is 35.2 Å². The van der Waals surface area contributed by atoms with Crippen LogP contribution in [0.4, 0.5) is 15.2 Å². The summed E-state index contributed by atoms with van der Waals surface area (Å²) in [6.07, 6.45) is 0. The van der Waals surface area contributed by atoms with Crippen molar-refractivity contribution in [1.82, 2.24) is 10.2 Å². The van der Waals surface area contributed by atoms with Crippen molar-refractivity contribution in [2.45, 2.75) is 11.3 Å². The summed E-state index contributed by atoms with van der Waals surface area (Å²) >= 11 is 2.66. The van der Waals surface area contributed by atoms with Crippen molar-refractivity contribution in [3.8, 4) is 5.75 Å². The van der Waals surface area contributed by atoms with Crippen LogP contribution in [0.1, 0.15) is 17.3 Å². The zero-order valence-electron chi connectivity index (χ0n) is 13.9. The number of anilines is 2. The third-order valence-electron chi connectivity index (χ3n) is 3.33. The quantitative estimate of drug-likeness (QED) is 0.441. The van der Waals surface area contributed by atoms with E-state index >= 15 is 0 Å². The number of hydrogen-bond acceptors (Lipinski definition) is 7. The number of halogens is 1. The highest BCUT2D eigenvalue weighted by atomic mass is 32.2. The van der Waals surface area contributed by atoms with E-state index in [4.69, 9.17) is 4.74 Å². The minimum absolute atomic E-state index is 0.0820. The topological polar surface area (TPSA) is 64.1 Å². The number of nitrogens with one attached hydrogen (secondary N) is 1. The summed E-state index contributed by atoms with van der Waals surface area (Å²) in [5.41, 5.74) is 1.29. The van der Waals surface area contributed by atoms with Crippen LogP contribution in [0.2, 0.25) is 0 Å². The number of benzene rings is 2. The molecule has 0 fully saturated rings. The van der Waals surface area contributed by atoms with Gasteiger partial charge < -0.3 is 10.1 Å². The number of carbonyl (C=O) groups excluding carboxylic acids is 1. The number of ether oxygens (including phenoxy) is 1. The number of carbonyl (C=O) groups is 1. The smallest absolute Gasteiger partial charge is 0.210 e. The molecule has 3 aromatic rings. The molecule has 1 heterocycles. The second-order valence-corrected chi connectivity index (χ2v) is 7.35. The third-order valence-corrected chi connectivity index (χ3v) is 5.30. The van der Waals surface area contributed by atoms with Gasteiger partial charge in [-0.05, 0) is 43.3 Å². The molecule has 0 saturated heterocycles. The van der Waals surface area contributed by atoms with E-state index < -0.39 is 0 Å². The van der Waals surface area contributed by atoms with Crippen LogP contribution in [0.5, 0.6) is 5.75 Å². The second kappa shape index (κ2) is 8.77. The first-order chi connectivity index (χ1) is 12.7. The molecule has 0 unspecified atom stereocenters. The van der Waals surface area contributed by atoms with Gasteiger partial charge in [0, 0.05) is 5.56 Å². The van der Waals surface area contributed by atoms with E-state index in [1.54, 1.807) is 0 Å². The van der Waals surface area contributed by atoms with Crippen LogP contribution in [-0.2, 0) is 0 Å². The number of Topliss-reactive ketones (excluding diaryl/α,β-unsaturated/α-hetero) is 1. The number of nitrogens with zero attached hydrogens (tertiary/aromatic N) is 2. The fourth-order valence-electron chi connectivity index (χ4n) is 2.13. The molecule has 2 aromatic carbocycles. The van der Waals surface area contributed by atoms with Gasteiger partial charge in [-0.15, -0.1) is 10.2 Å². The Morgan fingerprint density at radius 1 is 1.19 bits per heavy atom. The average molecular weight is 389 g/mol. The number of aromatic nitrogens is 2. The van der Waals surface area contributed by atoms with Crippen molar-refractivity contribution < 1.29 is 13.9 Å². The Bertz CT molecular complexity index is 884. The summed E-state index contributed by atoms with van der Waals surface area (Å²) in [5, 5.41) is 12.0. The molecule has 8 heteroatoms. The Hall–Kier alpha value is -2.45. The Kier molecular flexibility index (Phi) is 6.19. The van der Waals surface area contributed by atoms with Gasteiger partial charge in [0.1, 0.15) is 11.6 Å². The fraction of sp³-hybridized carbons (Fsp3) is 0.167. The van der Waals surface area contributed by atoms with E-state index in [0.29, 0.717) is 21.6 Å². The van der Waals surface area contributed by atoms with Gasteiger partial charge in [0.2, 0.25) is 5.13 Å². The van der Waals surface area contributed by atoms with Crippen LogP contribution < -0.4 is 10.1 Å². The number of rotatable bonds is 8. The second-order valence-electron chi connectivity index (χ2n) is 5.15. The van der Waals surface area contributed by atoms with Gasteiger partial charge in [-0.2, -0.15) is 0 Å². The summed E-state index contributed by atoms with van der Waals surface area (Å²) in [4.78, 5) is 12.1. The van der Waals surface area contributed by atoms with E-state index in [1.807, 2.05) is 31.2 Å². The lowest BCUT2D eigenvalue weighted by Gasteiger charge is -2.09. The molecule has 0 atom stereocenters. The Morgan fingerprint density at radius 2 is 1.96 bits per heavy atom. The molecule has 0 amide bonds. The maximum absolute atomic E-state index is 12.9. The van der Waals surface area contributed by atoms with Gasteiger partial charge in [0.15, 0.2) is 10.1 Å². The SMILES string of the molecule is CCOc1ccccc1Nc1nnc(SCC(=O)c2ccc(F)cc2)s1. The Morgan fingerprint density at radius 3 is 2.73 bits per heavy atom. The van der Waals surface area contributed by atoms with Crippen molar-refractivity contribution in [3.05, 3.63) is 59.9 Å². The van der Waals surface area contributed by atoms with Gasteiger partial charge >= 0.3 is 0 Å². The molecule has 0 radical (unpaired) electrons. The number of ketones is 1. The molecular weight excluding hydrogens is 373 g/mol. The van der Waals surface area contributed by atoms with E-state index in [-0.39, 0.29) is 17.4 Å². The zero-order valence-corrected chi connectivity index (χ0v) is 15.6. The lowest BCUT2D eigenvalue weighted by molar-refractivity contribution is 0.102. The molecule has 134 valence electrons. The first-order valence-corrected chi connectivity index (χ1v) is 9.70. The molecule has 0 saturated carbocycles. The Balaban J connectivity index is 1.60. The number of thioether (sulfide) groups is 1. The molecule has 1 N–H and O–H groups in total. The van der Waals surface area contributed by atoms with Crippen LogP contribution in [0.25, 0.3) is 0 Å². The van der Waals surface area contributed by atoms with E-state index in [1.165, 1.54) is 47.4 Å². The normalized spacial score (nSPS) is 10.5. The van der Waals surface area contributed by atoms with E-state index in [0.717, 1.165) is 11.4 Å². The summed E-state index contributed by atoms with van der Waals surface area (Å²) in [7, 11) is 0. The lowest BCUT2D eigenvalue weighted by Crippen LogP contribution is -2.01. The van der Waals surface area contributed by atoms with Crippen molar-refractivity contribution in [2.75, 3.05) is 17.7 Å². The number of para-hydroxylation sites is 2. The molecule has 3 rings (SSSR count). The van der Waals surface area contributed by atoms with Crippen LogP contribution in [-0.4, -0.2) is 28.3 Å². The van der Waals surface area contributed by atoms with Crippen LogP contribution >= 0.6 is 23.1 Å². The minimum Gasteiger partial charge on any atom is -0.492 e. The summed E-state index contributed by atoms with van der Waals surface area (Å²) < 4.78 is 19.2. The molecular formula is C18H16FN3O2S2. The van der Waals surface area contributed by atoms with Crippen LogP contribution in [0, 0.1) is 5.82 Å². The molecule has 1 aromatic heterocycles. The van der Waals surface area contributed by atoms with Gasteiger partial charge in [0.05, 0.1) is 18.0 Å². The summed E-state index contributed by atoms with van der Waals surface area (Å²) in [5.74, 6) is 0.518. The molecule has 0 aliphatic rings. The molecule has 0 aliphatic carbocycles. The largest absolute Gasteiger partial charge is 0.492 e. The standard InChI is InChI=1S/C18H16FN3O2S2/c1-2-24-16-6-4-3-5-14(16)20-17-21-22-18(26-17)25-11-15(23)12-7-9-13(19)10-8-12/h3-10H,2,11H2,1H3,(H,20,21). The zero-order chi connectivity index (χ0) is 18.4. The maximum atomic E-state index is 12.9. The molecule has 0 aliphatic heterocycles. The van der Waals surface area contributed by atoms with Crippen molar-refractivity contribution in [2.24, 2.45) is 0 Å². The maximum Gasteiger partial charge on any atom is 0.210 e. The fourth-order valence-corrected chi connectivity index (χ4v) is 3.79. The highest BCUT2D eigenvalue weighted by Gasteiger charge is 2.11. The van der Waals surface area contributed by atoms with Crippen molar-refractivity contribution in [3.63, 3.8) is 0 Å². The molecule has 0 bridgehead atoms. The molecule has 26 heavy (non-hydrogen) atoms. The van der Waals surface area contributed by atoms with E-state index in [9.17, 15) is 9.18 Å². The van der Waals surface area contributed by atoms with Crippen molar-refractivity contribution in [1.29, 1.82) is 0 Å². The number of hydrogen-bond donors (Lipinski definition) is 1. The first-order valence-electron chi connectivity index (χ1n) is 7.89. The molecule has 5 nitrogen and oxygen atoms in total. The highest BCUT2D eigenvalue weighted by molar-refractivity contribution is 8.01. The monoisotopic (exact) mass is 389 g/mol. The third kappa shape index (κ3) is 4.80. The Labute approximate surface area is 158 Å². The average Bonchev–Trinajstić information content (AvgIpc) is 3.10. The van der Waals surface area contributed by atoms with Crippen LogP contribution in [0.15, 0.2) is 52.9 Å².